The molecular formula is C22H24F2N4O3. The third-order valence-corrected chi connectivity index (χ3v) is 5.80. The topological polar surface area (TPSA) is 89.3 Å². The summed E-state index contributed by atoms with van der Waals surface area (Å²) in [5.74, 6) is 0.0179. The van der Waals surface area contributed by atoms with Gasteiger partial charge in [-0.25, -0.2) is 13.8 Å². The number of amides is 1. The first-order chi connectivity index (χ1) is 14.7. The van der Waals surface area contributed by atoms with Crippen LogP contribution in [0.1, 0.15) is 55.3 Å². The van der Waals surface area contributed by atoms with Crippen molar-refractivity contribution in [2.75, 3.05) is 12.4 Å². The molecule has 2 N–H and O–H groups in total. The Kier molecular flexibility index (Phi) is 5.38. The average molecular weight is 430 g/mol. The number of benzene rings is 1. The van der Waals surface area contributed by atoms with Gasteiger partial charge in [0.15, 0.2) is 0 Å². The van der Waals surface area contributed by atoms with Crippen molar-refractivity contribution in [2.45, 2.75) is 44.8 Å². The van der Waals surface area contributed by atoms with E-state index in [-0.39, 0.29) is 17.7 Å². The number of pyridine rings is 1. The van der Waals surface area contributed by atoms with Gasteiger partial charge in [0.2, 0.25) is 0 Å². The summed E-state index contributed by atoms with van der Waals surface area (Å²) in [5, 5.41) is 18.2. The Labute approximate surface area is 178 Å². The molecule has 164 valence electrons. The minimum atomic E-state index is -2.76. The van der Waals surface area contributed by atoms with Crippen LogP contribution in [0.2, 0.25) is 0 Å². The Morgan fingerprint density at radius 1 is 1.32 bits per heavy atom. The van der Waals surface area contributed by atoms with Crippen LogP contribution in [0, 0.1) is 5.92 Å². The van der Waals surface area contributed by atoms with Gasteiger partial charge in [-0.2, -0.15) is 5.10 Å². The number of ether oxygens (including phenoxy) is 1. The molecule has 0 radical (unpaired) electrons. The number of fused-ring (bicyclic) bond motifs is 1. The molecule has 1 aliphatic carbocycles. The van der Waals surface area contributed by atoms with Crippen LogP contribution in [0.25, 0.3) is 10.9 Å². The summed E-state index contributed by atoms with van der Waals surface area (Å²) >= 11 is 0. The Morgan fingerprint density at radius 2 is 2.06 bits per heavy atom. The van der Waals surface area contributed by atoms with Crippen molar-refractivity contribution in [3.8, 4) is 5.75 Å². The number of alkyl halides is 2. The molecule has 1 aromatic carbocycles. The molecule has 31 heavy (non-hydrogen) atoms. The minimum absolute atomic E-state index is 0.109. The van der Waals surface area contributed by atoms with Gasteiger partial charge in [-0.1, -0.05) is 6.07 Å². The zero-order valence-electron chi connectivity index (χ0n) is 17.5. The highest BCUT2D eigenvalue weighted by Crippen LogP contribution is 2.44. The number of aliphatic hydroxyl groups is 1. The molecule has 3 aromatic rings. The zero-order valence-corrected chi connectivity index (χ0v) is 17.5. The lowest BCUT2D eigenvalue weighted by molar-refractivity contribution is -0.0412. The highest BCUT2D eigenvalue weighted by atomic mass is 19.3. The largest absolute Gasteiger partial charge is 0.494 e. The van der Waals surface area contributed by atoms with E-state index in [1.54, 1.807) is 12.1 Å². The van der Waals surface area contributed by atoms with Crippen molar-refractivity contribution in [3.63, 3.8) is 0 Å². The molecular weight excluding hydrogens is 406 g/mol. The normalized spacial score (nSPS) is 18.8. The lowest BCUT2D eigenvalue weighted by atomic mass is 9.71. The highest BCUT2D eigenvalue weighted by molar-refractivity contribution is 6.05. The van der Waals surface area contributed by atoms with Crippen molar-refractivity contribution >= 4 is 22.5 Å². The van der Waals surface area contributed by atoms with Crippen LogP contribution in [0.15, 0.2) is 36.5 Å². The lowest BCUT2D eigenvalue weighted by Gasteiger charge is -2.42. The standard InChI is InChI=1S/C22H24F2N4O3/c1-22(2,30)13-8-14(9-13)28-11-12-7-18(19(31-3)10-17(12)27-28)26-21(29)16-6-4-5-15(25-16)20(23)24/h4-7,10-11,13-14,20,30H,8-9H2,1-3H3,(H,26,29). The molecule has 2 aromatic heterocycles. The van der Waals surface area contributed by atoms with E-state index in [4.69, 9.17) is 4.74 Å². The van der Waals surface area contributed by atoms with E-state index >= 15 is 0 Å². The average Bonchev–Trinajstić information content (AvgIpc) is 3.07. The van der Waals surface area contributed by atoms with Crippen LogP contribution in [0.3, 0.4) is 0 Å². The number of carbonyl (C=O) groups is 1. The number of anilines is 1. The minimum Gasteiger partial charge on any atom is -0.494 e. The molecule has 1 saturated carbocycles. The quantitative estimate of drug-likeness (QED) is 0.607. The molecule has 0 atom stereocenters. The fourth-order valence-corrected chi connectivity index (χ4v) is 3.79. The van der Waals surface area contributed by atoms with Crippen molar-refractivity contribution in [1.29, 1.82) is 0 Å². The van der Waals surface area contributed by atoms with Gasteiger partial charge < -0.3 is 15.2 Å². The number of hydrogen-bond acceptors (Lipinski definition) is 5. The summed E-state index contributed by atoms with van der Waals surface area (Å²) in [7, 11) is 1.48. The van der Waals surface area contributed by atoms with E-state index in [1.165, 1.54) is 25.3 Å². The first-order valence-corrected chi connectivity index (χ1v) is 10.0. The van der Waals surface area contributed by atoms with E-state index in [2.05, 4.69) is 15.4 Å². The predicted molar refractivity (Wildman–Crippen MR) is 111 cm³/mol. The molecule has 2 heterocycles. The number of methoxy groups -OCH3 is 1. The fourth-order valence-electron chi connectivity index (χ4n) is 3.79. The second kappa shape index (κ2) is 7.88. The SMILES string of the molecule is COc1cc2nn(C3CC(C(C)(C)O)C3)cc2cc1NC(=O)c1cccc(C(F)F)n1. The Balaban J connectivity index is 1.57. The molecule has 0 bridgehead atoms. The fraction of sp³-hybridized carbons (Fsp3) is 0.409. The molecule has 0 aliphatic heterocycles. The number of rotatable bonds is 6. The van der Waals surface area contributed by atoms with Gasteiger partial charge in [-0.05, 0) is 50.8 Å². The van der Waals surface area contributed by atoms with Crippen LogP contribution in [-0.2, 0) is 0 Å². The van der Waals surface area contributed by atoms with Crippen LogP contribution < -0.4 is 10.1 Å². The van der Waals surface area contributed by atoms with Gasteiger partial charge in [0, 0.05) is 17.6 Å². The van der Waals surface area contributed by atoms with Gasteiger partial charge in [-0.15, -0.1) is 0 Å². The van der Waals surface area contributed by atoms with Crippen LogP contribution in [0.4, 0.5) is 14.5 Å². The molecule has 9 heteroatoms. The summed E-state index contributed by atoms with van der Waals surface area (Å²) in [6.45, 7) is 3.64. The van der Waals surface area contributed by atoms with Crippen molar-refractivity contribution in [1.82, 2.24) is 14.8 Å². The lowest BCUT2D eigenvalue weighted by Crippen LogP contribution is -2.41. The number of nitrogens with zero attached hydrogens (tertiary/aromatic N) is 3. The maximum absolute atomic E-state index is 12.9. The summed E-state index contributed by atoms with van der Waals surface area (Å²) < 4.78 is 33.0. The van der Waals surface area contributed by atoms with E-state index in [9.17, 15) is 18.7 Å². The van der Waals surface area contributed by atoms with Gasteiger partial charge >= 0.3 is 0 Å². The summed E-state index contributed by atoms with van der Waals surface area (Å²) in [4.78, 5) is 16.3. The third-order valence-electron chi connectivity index (χ3n) is 5.80. The van der Waals surface area contributed by atoms with Crippen LogP contribution in [0.5, 0.6) is 5.75 Å². The monoisotopic (exact) mass is 430 g/mol. The van der Waals surface area contributed by atoms with Gasteiger partial charge in [0.25, 0.3) is 12.3 Å². The third kappa shape index (κ3) is 4.23. The second-order valence-electron chi connectivity index (χ2n) is 8.40. The van der Waals surface area contributed by atoms with E-state index in [1.807, 2.05) is 24.7 Å². The molecule has 0 saturated heterocycles. The zero-order chi connectivity index (χ0) is 22.3. The predicted octanol–water partition coefficient (Wildman–Crippen LogP) is 4.35. The van der Waals surface area contributed by atoms with Crippen LogP contribution in [-0.4, -0.2) is 38.5 Å². The Bertz CT molecular complexity index is 1120. The van der Waals surface area contributed by atoms with E-state index in [0.717, 1.165) is 18.2 Å². The molecule has 7 nitrogen and oxygen atoms in total. The molecule has 1 amide bonds. The maximum atomic E-state index is 12.9. The number of halogens is 2. The van der Waals surface area contributed by atoms with Crippen molar-refractivity contribution in [3.05, 3.63) is 47.9 Å². The number of carbonyl (C=O) groups excluding carboxylic acids is 1. The molecule has 4 rings (SSSR count). The van der Waals surface area contributed by atoms with Gasteiger partial charge in [-0.3, -0.25) is 9.48 Å². The Hall–Kier alpha value is -3.07. The van der Waals surface area contributed by atoms with Crippen molar-refractivity contribution < 1.29 is 23.4 Å². The summed E-state index contributed by atoms with van der Waals surface area (Å²) in [6, 6.07) is 7.57. The van der Waals surface area contributed by atoms with Gasteiger partial charge in [0.05, 0.1) is 30.0 Å². The highest BCUT2D eigenvalue weighted by Gasteiger charge is 2.40. The van der Waals surface area contributed by atoms with Crippen molar-refractivity contribution in [2.24, 2.45) is 5.92 Å². The Morgan fingerprint density at radius 3 is 2.71 bits per heavy atom. The second-order valence-corrected chi connectivity index (χ2v) is 8.40. The smallest absolute Gasteiger partial charge is 0.280 e. The first-order valence-electron chi connectivity index (χ1n) is 10.0. The number of nitrogens with one attached hydrogen (secondary N) is 1. The van der Waals surface area contributed by atoms with E-state index in [0.29, 0.717) is 17.0 Å². The molecule has 0 spiro atoms. The first kappa shape index (κ1) is 21.2. The number of aromatic nitrogens is 3. The number of hydrogen-bond donors (Lipinski definition) is 2. The maximum Gasteiger partial charge on any atom is 0.280 e. The summed E-state index contributed by atoms with van der Waals surface area (Å²) in [6.07, 6.45) is 0.812. The molecule has 1 fully saturated rings. The van der Waals surface area contributed by atoms with Gasteiger partial charge in [0.1, 0.15) is 17.1 Å². The summed E-state index contributed by atoms with van der Waals surface area (Å²) in [5.41, 5.74) is -0.172. The van der Waals surface area contributed by atoms with E-state index < -0.39 is 23.6 Å². The molecule has 1 aliphatic rings. The molecule has 0 unspecified atom stereocenters. The van der Waals surface area contributed by atoms with Crippen LogP contribution >= 0.6 is 0 Å².